The molecular formula is C28H30O4. The third kappa shape index (κ3) is 3.70. The first-order valence-electron chi connectivity index (χ1n) is 10.8. The summed E-state index contributed by atoms with van der Waals surface area (Å²) in [7, 11) is 0. The van der Waals surface area contributed by atoms with Crippen molar-refractivity contribution in [1.29, 1.82) is 0 Å². The zero-order valence-corrected chi connectivity index (χ0v) is 19.4. The number of fused-ring (bicyclic) bond motifs is 2. The van der Waals surface area contributed by atoms with Crippen LogP contribution in [0.1, 0.15) is 52.7 Å². The Hall–Kier alpha value is -3.40. The summed E-state index contributed by atoms with van der Waals surface area (Å²) >= 11 is 0. The van der Waals surface area contributed by atoms with Gasteiger partial charge in [-0.05, 0) is 56.8 Å². The van der Waals surface area contributed by atoms with Crippen molar-refractivity contribution in [2.75, 3.05) is 0 Å². The molecule has 0 bridgehead atoms. The van der Waals surface area contributed by atoms with Crippen LogP contribution in [0.25, 0.3) is 21.5 Å². The van der Waals surface area contributed by atoms with E-state index >= 15 is 0 Å². The van der Waals surface area contributed by atoms with E-state index in [1.807, 2.05) is 69.3 Å². The number of hydrogen-bond acceptors (Lipinski definition) is 4. The smallest absolute Gasteiger partial charge is 0.170 e. The second-order valence-corrected chi connectivity index (χ2v) is 10.4. The molecule has 0 saturated heterocycles. The molecule has 0 atom stereocenters. The summed E-state index contributed by atoms with van der Waals surface area (Å²) in [5.41, 5.74) is 1.27. The van der Waals surface area contributed by atoms with Crippen molar-refractivity contribution in [3.05, 3.63) is 65.7 Å². The molecule has 4 aromatic carbocycles. The van der Waals surface area contributed by atoms with Crippen molar-refractivity contribution in [3.8, 4) is 28.7 Å². The van der Waals surface area contributed by atoms with Gasteiger partial charge in [-0.15, -0.1) is 0 Å². The van der Waals surface area contributed by atoms with E-state index in [1.165, 1.54) is 6.07 Å². The Morgan fingerprint density at radius 2 is 1.31 bits per heavy atom. The molecule has 4 nitrogen and oxygen atoms in total. The van der Waals surface area contributed by atoms with Gasteiger partial charge in [0.2, 0.25) is 0 Å². The van der Waals surface area contributed by atoms with Crippen LogP contribution in [0.4, 0.5) is 0 Å². The third-order valence-corrected chi connectivity index (χ3v) is 5.83. The maximum absolute atomic E-state index is 10.9. The first-order chi connectivity index (χ1) is 14.9. The lowest BCUT2D eigenvalue weighted by atomic mass is 9.82. The fourth-order valence-corrected chi connectivity index (χ4v) is 4.34. The molecule has 0 saturated carbocycles. The first kappa shape index (κ1) is 21.8. The summed E-state index contributed by atoms with van der Waals surface area (Å²) in [5.74, 6) is 0.751. The normalized spacial score (nSPS) is 12.4. The lowest BCUT2D eigenvalue weighted by Gasteiger charge is -2.24. The molecule has 0 heterocycles. The van der Waals surface area contributed by atoms with Gasteiger partial charge in [-0.2, -0.15) is 0 Å². The molecule has 0 aliphatic carbocycles. The molecule has 166 valence electrons. The van der Waals surface area contributed by atoms with E-state index in [4.69, 9.17) is 4.74 Å². The maximum Gasteiger partial charge on any atom is 0.170 e. The number of benzene rings is 4. The van der Waals surface area contributed by atoms with Gasteiger partial charge >= 0.3 is 0 Å². The summed E-state index contributed by atoms with van der Waals surface area (Å²) in [6, 6.07) is 16.7. The van der Waals surface area contributed by atoms with Gasteiger partial charge in [0.15, 0.2) is 23.0 Å². The highest BCUT2D eigenvalue weighted by atomic mass is 16.5. The van der Waals surface area contributed by atoms with Gasteiger partial charge < -0.3 is 20.1 Å². The van der Waals surface area contributed by atoms with Gasteiger partial charge in [0, 0.05) is 10.9 Å². The Morgan fingerprint density at radius 1 is 0.656 bits per heavy atom. The zero-order valence-electron chi connectivity index (χ0n) is 19.4. The Balaban J connectivity index is 1.87. The molecule has 0 fully saturated rings. The number of hydrogen-bond donors (Lipinski definition) is 3. The third-order valence-electron chi connectivity index (χ3n) is 5.83. The summed E-state index contributed by atoms with van der Waals surface area (Å²) in [4.78, 5) is 0. The molecule has 0 radical (unpaired) electrons. The largest absolute Gasteiger partial charge is 0.504 e. The highest BCUT2D eigenvalue weighted by Gasteiger charge is 2.25. The van der Waals surface area contributed by atoms with Crippen molar-refractivity contribution in [2.45, 2.75) is 52.4 Å². The highest BCUT2D eigenvalue weighted by molar-refractivity contribution is 5.94. The molecule has 0 amide bonds. The van der Waals surface area contributed by atoms with Crippen molar-refractivity contribution in [3.63, 3.8) is 0 Å². The molecule has 0 aliphatic rings. The number of aromatic hydroxyl groups is 3. The molecule has 4 rings (SSSR count). The van der Waals surface area contributed by atoms with Crippen LogP contribution in [0.15, 0.2) is 54.6 Å². The van der Waals surface area contributed by atoms with Crippen LogP contribution in [0, 0.1) is 0 Å². The van der Waals surface area contributed by atoms with E-state index in [9.17, 15) is 15.3 Å². The van der Waals surface area contributed by atoms with E-state index in [2.05, 4.69) is 20.8 Å². The summed E-state index contributed by atoms with van der Waals surface area (Å²) < 4.78 is 6.16. The lowest BCUT2D eigenvalue weighted by molar-refractivity contribution is 0.391. The molecule has 4 aromatic rings. The minimum Gasteiger partial charge on any atom is -0.504 e. The van der Waals surface area contributed by atoms with Crippen LogP contribution in [-0.4, -0.2) is 15.3 Å². The molecule has 0 unspecified atom stereocenters. The molecule has 0 aliphatic heterocycles. The molecule has 4 heteroatoms. The van der Waals surface area contributed by atoms with Crippen LogP contribution in [0.2, 0.25) is 0 Å². The summed E-state index contributed by atoms with van der Waals surface area (Å²) in [6.45, 7) is 12.4. The second-order valence-electron chi connectivity index (χ2n) is 10.4. The average Bonchev–Trinajstić information content (AvgIpc) is 2.69. The highest BCUT2D eigenvalue weighted by Crippen LogP contribution is 2.45. The van der Waals surface area contributed by atoms with Gasteiger partial charge in [0.05, 0.1) is 0 Å². The van der Waals surface area contributed by atoms with Crippen LogP contribution in [0.5, 0.6) is 28.7 Å². The van der Waals surface area contributed by atoms with E-state index in [0.717, 1.165) is 27.1 Å². The van der Waals surface area contributed by atoms with E-state index in [0.29, 0.717) is 17.1 Å². The zero-order chi connectivity index (χ0) is 23.4. The van der Waals surface area contributed by atoms with E-state index in [-0.39, 0.29) is 28.1 Å². The van der Waals surface area contributed by atoms with Crippen LogP contribution in [-0.2, 0) is 10.8 Å². The molecular weight excluding hydrogens is 400 g/mol. The van der Waals surface area contributed by atoms with Crippen molar-refractivity contribution in [1.82, 2.24) is 0 Å². The van der Waals surface area contributed by atoms with Crippen LogP contribution >= 0.6 is 0 Å². The molecule has 32 heavy (non-hydrogen) atoms. The SMILES string of the molecule is CC(C)(C)c1c(O)c(O)cc2cc(Oc3cc(C(C)(C)C)c4ccccc4c3O)ccc12. The number of phenolic OH excluding ortho intramolecular Hbond substituents is 3. The Labute approximate surface area is 188 Å². The average molecular weight is 431 g/mol. The molecule has 0 spiro atoms. The predicted octanol–water partition coefficient (Wildman–Crippen LogP) is 7.50. The van der Waals surface area contributed by atoms with Gasteiger partial charge in [-0.3, -0.25) is 0 Å². The number of rotatable bonds is 2. The second kappa shape index (κ2) is 7.33. The number of phenols is 3. The monoisotopic (exact) mass is 430 g/mol. The quantitative estimate of drug-likeness (QED) is 0.288. The van der Waals surface area contributed by atoms with Gasteiger partial charge in [-0.25, -0.2) is 0 Å². The van der Waals surface area contributed by atoms with Crippen molar-refractivity contribution in [2.24, 2.45) is 0 Å². The van der Waals surface area contributed by atoms with Crippen molar-refractivity contribution < 1.29 is 20.1 Å². The molecule has 0 aromatic heterocycles. The van der Waals surface area contributed by atoms with E-state index < -0.39 is 0 Å². The Morgan fingerprint density at radius 3 is 1.94 bits per heavy atom. The summed E-state index contributed by atoms with van der Waals surface area (Å²) in [5, 5.41) is 35.0. The van der Waals surface area contributed by atoms with Crippen molar-refractivity contribution >= 4 is 21.5 Å². The minimum absolute atomic E-state index is 0.0950. The number of ether oxygens (including phenoxy) is 1. The summed E-state index contributed by atoms with van der Waals surface area (Å²) in [6.07, 6.45) is 0. The predicted molar refractivity (Wildman–Crippen MR) is 130 cm³/mol. The standard InChI is InChI=1S/C28H30O4/c1-27(2,3)21-15-23(25(30)20-10-8-7-9-19(20)21)32-17-11-12-18-16(13-17)14-22(29)26(31)24(18)28(4,5)6/h7-15,29-31H,1-6H3. The fraction of sp³-hybridized carbons (Fsp3) is 0.286. The van der Waals surface area contributed by atoms with Gasteiger partial charge in [0.25, 0.3) is 0 Å². The maximum atomic E-state index is 10.9. The van der Waals surface area contributed by atoms with Gasteiger partial charge in [0.1, 0.15) is 5.75 Å². The topological polar surface area (TPSA) is 69.9 Å². The van der Waals surface area contributed by atoms with Crippen LogP contribution in [0.3, 0.4) is 0 Å². The van der Waals surface area contributed by atoms with Gasteiger partial charge in [-0.1, -0.05) is 71.9 Å². The van der Waals surface area contributed by atoms with E-state index in [1.54, 1.807) is 0 Å². The Bertz CT molecular complexity index is 1340. The first-order valence-corrected chi connectivity index (χ1v) is 10.8. The lowest BCUT2D eigenvalue weighted by Crippen LogP contribution is -2.12. The Kier molecular flexibility index (Phi) is 5.00. The minimum atomic E-state index is -0.359. The van der Waals surface area contributed by atoms with Crippen LogP contribution < -0.4 is 4.74 Å². The fourth-order valence-electron chi connectivity index (χ4n) is 4.34. The molecule has 3 N–H and O–H groups in total.